The van der Waals surface area contributed by atoms with Crippen molar-refractivity contribution in [2.24, 2.45) is 4.40 Å². The fraction of sp³-hybridized carbons (Fsp3) is 0.100. The van der Waals surface area contributed by atoms with E-state index in [1.165, 1.54) is 18.2 Å². The molecule has 0 fully saturated rings. The number of benzene rings is 1. The van der Waals surface area contributed by atoms with E-state index >= 15 is 0 Å². The lowest BCUT2D eigenvalue weighted by atomic mass is 10.2. The van der Waals surface area contributed by atoms with Crippen LogP contribution in [0.1, 0.15) is 5.56 Å². The molecule has 0 saturated carbocycles. The van der Waals surface area contributed by atoms with Crippen molar-refractivity contribution in [1.29, 1.82) is 0 Å². The summed E-state index contributed by atoms with van der Waals surface area (Å²) in [6.07, 6.45) is 2.49. The maximum absolute atomic E-state index is 11.5. The molecule has 0 aliphatic heterocycles. The van der Waals surface area contributed by atoms with E-state index in [1.54, 1.807) is 12.1 Å². The molecule has 1 rings (SSSR count). The predicted molar refractivity (Wildman–Crippen MR) is 57.1 cm³/mol. The number of nitrogens with zero attached hydrogens (tertiary/aromatic N) is 1. The van der Waals surface area contributed by atoms with Crippen LogP contribution in [0.15, 0.2) is 46.2 Å². The summed E-state index contributed by atoms with van der Waals surface area (Å²) >= 11 is 0. The van der Waals surface area contributed by atoms with Gasteiger partial charge in [-0.25, -0.2) is 0 Å². The van der Waals surface area contributed by atoms with E-state index < -0.39 is 10.0 Å². The minimum Gasteiger partial charge on any atom is -0.199 e. The Morgan fingerprint density at radius 1 is 1.29 bits per heavy atom. The van der Waals surface area contributed by atoms with Gasteiger partial charge in [-0.15, -0.1) is 0 Å². The molecule has 0 aromatic heterocycles. The van der Waals surface area contributed by atoms with Gasteiger partial charge in [0.1, 0.15) is 0 Å². The van der Waals surface area contributed by atoms with Gasteiger partial charge in [0, 0.05) is 6.21 Å². The van der Waals surface area contributed by atoms with Crippen LogP contribution in [0.2, 0.25) is 0 Å². The zero-order valence-electron chi connectivity index (χ0n) is 7.84. The summed E-state index contributed by atoms with van der Waals surface area (Å²) in [5.41, 5.74) is 1.01. The molecule has 0 aliphatic carbocycles. The Bertz CT molecular complexity index is 444. The zero-order valence-corrected chi connectivity index (χ0v) is 8.66. The normalized spacial score (nSPS) is 11.8. The van der Waals surface area contributed by atoms with E-state index in [1.807, 2.05) is 6.92 Å². The van der Waals surface area contributed by atoms with E-state index in [2.05, 4.69) is 11.0 Å². The molecule has 0 unspecified atom stereocenters. The van der Waals surface area contributed by atoms with Crippen molar-refractivity contribution in [2.75, 3.05) is 0 Å². The molecule has 1 aromatic carbocycles. The van der Waals surface area contributed by atoms with Crippen LogP contribution in [0.25, 0.3) is 0 Å². The van der Waals surface area contributed by atoms with Crippen LogP contribution in [-0.2, 0) is 10.0 Å². The van der Waals surface area contributed by atoms with Gasteiger partial charge in [0.05, 0.1) is 4.90 Å². The fourth-order valence-electron chi connectivity index (χ4n) is 0.894. The number of rotatable bonds is 3. The number of sulfonamides is 1. The summed E-state index contributed by atoms with van der Waals surface area (Å²) in [5, 5.41) is 0. The van der Waals surface area contributed by atoms with Gasteiger partial charge < -0.3 is 0 Å². The first-order valence-electron chi connectivity index (χ1n) is 4.04. The average molecular weight is 209 g/mol. The summed E-state index contributed by atoms with van der Waals surface area (Å²) in [5.74, 6) is 0. The van der Waals surface area contributed by atoms with Crippen molar-refractivity contribution in [2.45, 2.75) is 11.8 Å². The zero-order chi connectivity index (χ0) is 10.6. The molecule has 4 heteroatoms. The van der Waals surface area contributed by atoms with Crippen LogP contribution in [0.4, 0.5) is 0 Å². The van der Waals surface area contributed by atoms with Gasteiger partial charge >= 0.3 is 0 Å². The van der Waals surface area contributed by atoms with Gasteiger partial charge in [-0.3, -0.25) is 0 Å². The second kappa shape index (κ2) is 4.19. The third-order valence-electron chi connectivity index (χ3n) is 1.62. The van der Waals surface area contributed by atoms with Crippen LogP contribution in [-0.4, -0.2) is 14.6 Å². The lowest BCUT2D eigenvalue weighted by Gasteiger charge is -1.97. The summed E-state index contributed by atoms with van der Waals surface area (Å²) in [4.78, 5) is 0.196. The average Bonchev–Trinajstić information content (AvgIpc) is 2.16. The maximum Gasteiger partial charge on any atom is 0.282 e. The molecule has 0 N–H and O–H groups in total. The van der Waals surface area contributed by atoms with E-state index in [0.717, 1.165) is 11.8 Å². The second-order valence-electron chi connectivity index (χ2n) is 2.78. The lowest BCUT2D eigenvalue weighted by molar-refractivity contribution is 0.598. The quantitative estimate of drug-likeness (QED) is 0.714. The first-order valence-corrected chi connectivity index (χ1v) is 5.48. The molecule has 14 heavy (non-hydrogen) atoms. The van der Waals surface area contributed by atoms with E-state index in [9.17, 15) is 8.42 Å². The molecule has 3 nitrogen and oxygen atoms in total. The van der Waals surface area contributed by atoms with Gasteiger partial charge in [0.2, 0.25) is 0 Å². The second-order valence-corrected chi connectivity index (χ2v) is 4.41. The van der Waals surface area contributed by atoms with E-state index in [0.29, 0.717) is 0 Å². The highest BCUT2D eigenvalue weighted by Crippen LogP contribution is 2.12. The van der Waals surface area contributed by atoms with Gasteiger partial charge in [-0.1, -0.05) is 30.4 Å². The summed E-state index contributed by atoms with van der Waals surface area (Å²) in [6.45, 7) is 5.25. The Balaban J connectivity index is 3.11. The molecule has 0 saturated heterocycles. The topological polar surface area (TPSA) is 46.5 Å². The van der Waals surface area contributed by atoms with Crippen molar-refractivity contribution in [3.63, 3.8) is 0 Å². The van der Waals surface area contributed by atoms with Crippen LogP contribution in [0.3, 0.4) is 0 Å². The molecular weight excluding hydrogens is 198 g/mol. The minimum atomic E-state index is -3.54. The minimum absolute atomic E-state index is 0.196. The van der Waals surface area contributed by atoms with Crippen molar-refractivity contribution in [1.82, 2.24) is 0 Å². The SMILES string of the molecule is C=C/C=N/S(=O)(=O)c1ccc(C)cc1. The molecular formula is C10H11NO2S. The number of hydrogen-bond acceptors (Lipinski definition) is 2. The maximum atomic E-state index is 11.5. The van der Waals surface area contributed by atoms with Crippen LogP contribution >= 0.6 is 0 Å². The van der Waals surface area contributed by atoms with E-state index in [-0.39, 0.29) is 4.90 Å². The molecule has 1 aromatic rings. The molecule has 0 spiro atoms. The largest absolute Gasteiger partial charge is 0.282 e. The van der Waals surface area contributed by atoms with Crippen LogP contribution in [0, 0.1) is 6.92 Å². The lowest BCUT2D eigenvalue weighted by Crippen LogP contribution is -1.96. The third kappa shape index (κ3) is 2.53. The third-order valence-corrected chi connectivity index (χ3v) is 2.89. The Hall–Kier alpha value is -1.42. The first kappa shape index (κ1) is 10.7. The molecule has 0 bridgehead atoms. The highest BCUT2D eigenvalue weighted by Gasteiger charge is 2.09. The van der Waals surface area contributed by atoms with Gasteiger partial charge in [-0.05, 0) is 19.1 Å². The monoisotopic (exact) mass is 209 g/mol. The summed E-state index contributed by atoms with van der Waals surface area (Å²) in [6, 6.07) is 6.53. The highest BCUT2D eigenvalue weighted by atomic mass is 32.2. The molecule has 0 aliphatic rings. The Morgan fingerprint density at radius 2 is 1.86 bits per heavy atom. The predicted octanol–water partition coefficient (Wildman–Crippen LogP) is 1.94. The molecule has 0 heterocycles. The molecule has 0 amide bonds. The summed E-state index contributed by atoms with van der Waals surface area (Å²) in [7, 11) is -3.54. The van der Waals surface area contributed by atoms with Crippen molar-refractivity contribution >= 4 is 16.2 Å². The van der Waals surface area contributed by atoms with Crippen molar-refractivity contribution in [3.8, 4) is 0 Å². The van der Waals surface area contributed by atoms with Crippen molar-refractivity contribution < 1.29 is 8.42 Å². The first-order chi connectivity index (χ1) is 6.56. The van der Waals surface area contributed by atoms with Crippen molar-refractivity contribution in [3.05, 3.63) is 42.5 Å². The molecule has 0 atom stereocenters. The van der Waals surface area contributed by atoms with Crippen LogP contribution < -0.4 is 0 Å². The highest BCUT2D eigenvalue weighted by molar-refractivity contribution is 7.90. The molecule has 74 valence electrons. The number of aryl methyl sites for hydroxylation is 1. The Labute approximate surface area is 83.9 Å². The van der Waals surface area contributed by atoms with E-state index in [4.69, 9.17) is 0 Å². The fourth-order valence-corrected chi connectivity index (χ4v) is 1.74. The van der Waals surface area contributed by atoms with Gasteiger partial charge in [-0.2, -0.15) is 12.8 Å². The standard InChI is InChI=1S/C10H11NO2S/c1-3-8-11-14(12,13)10-6-4-9(2)5-7-10/h3-8H,1H2,2H3/b11-8+. The summed E-state index contributed by atoms with van der Waals surface area (Å²) < 4.78 is 26.3. The van der Waals surface area contributed by atoms with Gasteiger partial charge in [0.15, 0.2) is 0 Å². The number of hydrogen-bond donors (Lipinski definition) is 0. The Kier molecular flexibility index (Phi) is 3.19. The Morgan fingerprint density at radius 3 is 2.36 bits per heavy atom. The molecule has 0 radical (unpaired) electrons. The smallest absolute Gasteiger partial charge is 0.199 e. The number of allylic oxidation sites excluding steroid dienone is 1. The van der Waals surface area contributed by atoms with Gasteiger partial charge in [0.25, 0.3) is 10.0 Å². The van der Waals surface area contributed by atoms with Crippen LogP contribution in [0.5, 0.6) is 0 Å².